The average molecular weight is 195 g/mol. The van der Waals surface area contributed by atoms with E-state index in [4.69, 9.17) is 10.2 Å². The first-order valence-electron chi connectivity index (χ1n) is 5.07. The summed E-state index contributed by atoms with van der Waals surface area (Å²) in [6.07, 6.45) is 2.02. The Balaban J connectivity index is 2.51. The summed E-state index contributed by atoms with van der Waals surface area (Å²) < 4.78 is 5.60. The fraction of sp³-hybridized carbons (Fsp3) is 0.636. The lowest BCUT2D eigenvalue weighted by Crippen LogP contribution is -2.48. The Bertz CT molecular complexity index is 345. The van der Waals surface area contributed by atoms with Gasteiger partial charge in [-0.2, -0.15) is 0 Å². The summed E-state index contributed by atoms with van der Waals surface area (Å²) in [5, 5.41) is 9.39. The van der Waals surface area contributed by atoms with Crippen LogP contribution in [0.4, 0.5) is 0 Å². The zero-order chi connectivity index (χ0) is 10.3. The van der Waals surface area contributed by atoms with Gasteiger partial charge in [0, 0.05) is 0 Å². The highest BCUT2D eigenvalue weighted by Crippen LogP contribution is 2.38. The summed E-state index contributed by atoms with van der Waals surface area (Å²) in [5.41, 5.74) is 6.67. The fourth-order valence-electron chi connectivity index (χ4n) is 2.23. The normalized spacial score (nSPS) is 31.6. The molecule has 2 atom stereocenters. The summed E-state index contributed by atoms with van der Waals surface area (Å²) >= 11 is 0. The minimum Gasteiger partial charge on any atom is -0.464 e. The van der Waals surface area contributed by atoms with Crippen LogP contribution in [-0.4, -0.2) is 11.7 Å². The van der Waals surface area contributed by atoms with Crippen molar-refractivity contribution in [2.45, 2.75) is 32.2 Å². The van der Waals surface area contributed by atoms with Gasteiger partial charge in [-0.3, -0.25) is 0 Å². The standard InChI is InChI=1S/C11H17NO2/c1-7-3-4-9-5-8(2)14-10(9)11(7,12)6-13/h5,7,13H,3-4,6,12H2,1-2H3. The van der Waals surface area contributed by atoms with E-state index in [-0.39, 0.29) is 12.5 Å². The molecule has 1 aliphatic carbocycles. The van der Waals surface area contributed by atoms with Gasteiger partial charge in [0.2, 0.25) is 0 Å². The third-order valence-electron chi connectivity index (χ3n) is 3.34. The molecule has 0 saturated heterocycles. The third-order valence-corrected chi connectivity index (χ3v) is 3.34. The summed E-state index contributed by atoms with van der Waals surface area (Å²) in [7, 11) is 0. The van der Waals surface area contributed by atoms with E-state index < -0.39 is 5.54 Å². The second kappa shape index (κ2) is 3.11. The van der Waals surface area contributed by atoms with Crippen LogP contribution in [0.1, 0.15) is 30.4 Å². The molecule has 0 aromatic carbocycles. The van der Waals surface area contributed by atoms with Crippen molar-refractivity contribution < 1.29 is 9.52 Å². The Labute approximate surface area is 83.9 Å². The number of rotatable bonds is 1. The quantitative estimate of drug-likeness (QED) is 0.710. The van der Waals surface area contributed by atoms with Crippen LogP contribution < -0.4 is 5.73 Å². The van der Waals surface area contributed by atoms with E-state index in [1.54, 1.807) is 0 Å². The maximum Gasteiger partial charge on any atom is 0.129 e. The molecule has 14 heavy (non-hydrogen) atoms. The molecule has 1 heterocycles. The van der Waals surface area contributed by atoms with Gasteiger partial charge in [-0.1, -0.05) is 6.92 Å². The summed E-state index contributed by atoms with van der Waals surface area (Å²) in [6.45, 7) is 3.94. The lowest BCUT2D eigenvalue weighted by molar-refractivity contribution is 0.110. The van der Waals surface area contributed by atoms with Gasteiger partial charge >= 0.3 is 0 Å². The number of hydrogen-bond acceptors (Lipinski definition) is 3. The van der Waals surface area contributed by atoms with Crippen molar-refractivity contribution >= 4 is 0 Å². The maximum atomic E-state index is 9.39. The summed E-state index contributed by atoms with van der Waals surface area (Å²) in [6, 6.07) is 2.03. The minimum atomic E-state index is -0.679. The average Bonchev–Trinajstić information content (AvgIpc) is 2.54. The number of hydrogen-bond donors (Lipinski definition) is 2. The topological polar surface area (TPSA) is 59.4 Å². The molecule has 3 nitrogen and oxygen atoms in total. The predicted molar refractivity (Wildman–Crippen MR) is 53.9 cm³/mol. The molecule has 1 aromatic heterocycles. The lowest BCUT2D eigenvalue weighted by atomic mass is 9.75. The summed E-state index contributed by atoms with van der Waals surface area (Å²) in [5.74, 6) is 1.94. The monoisotopic (exact) mass is 195 g/mol. The summed E-state index contributed by atoms with van der Waals surface area (Å²) in [4.78, 5) is 0. The van der Waals surface area contributed by atoms with E-state index in [1.807, 2.05) is 13.0 Å². The molecule has 0 amide bonds. The van der Waals surface area contributed by atoms with Crippen LogP contribution in [0, 0.1) is 12.8 Å². The minimum absolute atomic E-state index is 0.0475. The first-order valence-corrected chi connectivity index (χ1v) is 5.07. The van der Waals surface area contributed by atoms with Crippen LogP contribution in [0.2, 0.25) is 0 Å². The smallest absolute Gasteiger partial charge is 0.129 e. The zero-order valence-corrected chi connectivity index (χ0v) is 8.71. The van der Waals surface area contributed by atoms with Gasteiger partial charge in [0.25, 0.3) is 0 Å². The van der Waals surface area contributed by atoms with E-state index in [1.165, 1.54) is 0 Å². The van der Waals surface area contributed by atoms with Gasteiger partial charge in [0.05, 0.1) is 6.61 Å². The highest BCUT2D eigenvalue weighted by atomic mass is 16.3. The largest absolute Gasteiger partial charge is 0.464 e. The van der Waals surface area contributed by atoms with Crippen LogP contribution in [0.15, 0.2) is 10.5 Å². The molecular weight excluding hydrogens is 178 g/mol. The molecule has 0 fully saturated rings. The SMILES string of the molecule is Cc1cc2c(o1)C(N)(CO)C(C)CC2. The van der Waals surface area contributed by atoms with E-state index in [2.05, 4.69) is 6.92 Å². The predicted octanol–water partition coefficient (Wildman–Crippen LogP) is 1.32. The van der Waals surface area contributed by atoms with Gasteiger partial charge in [-0.05, 0) is 37.3 Å². The van der Waals surface area contributed by atoms with E-state index in [9.17, 15) is 5.11 Å². The zero-order valence-electron chi connectivity index (χ0n) is 8.71. The lowest BCUT2D eigenvalue weighted by Gasteiger charge is -2.36. The Hall–Kier alpha value is -0.800. The number of aryl methyl sites for hydroxylation is 2. The number of aliphatic hydroxyl groups is 1. The molecule has 3 heteroatoms. The Morgan fingerprint density at radius 2 is 2.43 bits per heavy atom. The van der Waals surface area contributed by atoms with Crippen molar-refractivity contribution in [1.29, 1.82) is 0 Å². The second-order valence-electron chi connectivity index (χ2n) is 4.35. The van der Waals surface area contributed by atoms with Crippen LogP contribution >= 0.6 is 0 Å². The molecule has 78 valence electrons. The molecule has 2 unspecified atom stereocenters. The van der Waals surface area contributed by atoms with Crippen LogP contribution in [0.5, 0.6) is 0 Å². The highest BCUT2D eigenvalue weighted by Gasteiger charge is 2.41. The van der Waals surface area contributed by atoms with E-state index in [0.717, 1.165) is 29.9 Å². The van der Waals surface area contributed by atoms with Crippen molar-refractivity contribution in [3.63, 3.8) is 0 Å². The molecular formula is C11H17NO2. The molecule has 0 radical (unpaired) electrons. The first-order chi connectivity index (χ1) is 6.58. The van der Waals surface area contributed by atoms with E-state index >= 15 is 0 Å². The number of nitrogens with two attached hydrogens (primary N) is 1. The van der Waals surface area contributed by atoms with Crippen molar-refractivity contribution in [2.24, 2.45) is 11.7 Å². The Kier molecular flexibility index (Phi) is 2.16. The molecule has 2 rings (SSSR count). The fourth-order valence-corrected chi connectivity index (χ4v) is 2.23. The Morgan fingerprint density at radius 1 is 1.71 bits per heavy atom. The number of furan rings is 1. The molecule has 0 aliphatic heterocycles. The maximum absolute atomic E-state index is 9.39. The van der Waals surface area contributed by atoms with E-state index in [0.29, 0.717) is 0 Å². The van der Waals surface area contributed by atoms with Gasteiger partial charge in [0.15, 0.2) is 0 Å². The second-order valence-corrected chi connectivity index (χ2v) is 4.35. The molecule has 0 bridgehead atoms. The molecule has 0 spiro atoms. The van der Waals surface area contributed by atoms with Crippen molar-refractivity contribution in [2.75, 3.05) is 6.61 Å². The van der Waals surface area contributed by atoms with Crippen LogP contribution in [-0.2, 0) is 12.0 Å². The Morgan fingerprint density at radius 3 is 3.07 bits per heavy atom. The van der Waals surface area contributed by atoms with Gasteiger partial charge in [0.1, 0.15) is 17.1 Å². The molecule has 0 saturated carbocycles. The number of fused-ring (bicyclic) bond motifs is 1. The van der Waals surface area contributed by atoms with Crippen LogP contribution in [0.3, 0.4) is 0 Å². The van der Waals surface area contributed by atoms with Crippen molar-refractivity contribution in [1.82, 2.24) is 0 Å². The van der Waals surface area contributed by atoms with Gasteiger partial charge in [-0.15, -0.1) is 0 Å². The van der Waals surface area contributed by atoms with Gasteiger partial charge in [-0.25, -0.2) is 0 Å². The van der Waals surface area contributed by atoms with Crippen LogP contribution in [0.25, 0.3) is 0 Å². The molecule has 1 aromatic rings. The molecule has 3 N–H and O–H groups in total. The van der Waals surface area contributed by atoms with Crippen molar-refractivity contribution in [3.05, 3.63) is 23.2 Å². The highest BCUT2D eigenvalue weighted by molar-refractivity contribution is 5.31. The van der Waals surface area contributed by atoms with Gasteiger partial charge < -0.3 is 15.3 Å². The van der Waals surface area contributed by atoms with Crippen molar-refractivity contribution in [3.8, 4) is 0 Å². The first kappa shape index (κ1) is 9.74. The molecule has 1 aliphatic rings. The third kappa shape index (κ3) is 1.20. The number of aliphatic hydroxyl groups excluding tert-OH is 1.